The van der Waals surface area contributed by atoms with Gasteiger partial charge in [0.15, 0.2) is 0 Å². The van der Waals surface area contributed by atoms with E-state index in [1.807, 2.05) is 12.1 Å². The Balaban J connectivity index is 2.20. The van der Waals surface area contributed by atoms with Crippen molar-refractivity contribution in [2.45, 2.75) is 27.4 Å². The van der Waals surface area contributed by atoms with E-state index in [4.69, 9.17) is 9.15 Å². The zero-order valence-corrected chi connectivity index (χ0v) is 7.96. The Morgan fingerprint density at radius 2 is 2.17 bits per heavy atom. The molecule has 1 aromatic heterocycles. The van der Waals surface area contributed by atoms with Crippen molar-refractivity contribution in [2.24, 2.45) is 5.41 Å². The second-order valence-corrected chi connectivity index (χ2v) is 4.13. The lowest BCUT2D eigenvalue weighted by atomic mass is 9.99. The first-order chi connectivity index (χ1) is 5.58. The average Bonchev–Trinajstić information content (AvgIpc) is 2.36. The molecule has 0 fully saturated rings. The van der Waals surface area contributed by atoms with Gasteiger partial charge in [-0.3, -0.25) is 0 Å². The molecule has 0 bridgehead atoms. The van der Waals surface area contributed by atoms with Crippen LogP contribution in [0.1, 0.15) is 26.5 Å². The third kappa shape index (κ3) is 3.58. The smallest absolute Gasteiger partial charge is 0.129 e. The van der Waals surface area contributed by atoms with Gasteiger partial charge in [0.05, 0.1) is 12.9 Å². The molecule has 0 radical (unpaired) electrons. The Morgan fingerprint density at radius 3 is 2.67 bits per heavy atom. The van der Waals surface area contributed by atoms with Gasteiger partial charge in [-0.1, -0.05) is 20.8 Å². The first-order valence-corrected chi connectivity index (χ1v) is 4.18. The molecule has 1 heterocycles. The Labute approximate surface area is 73.5 Å². The van der Waals surface area contributed by atoms with E-state index in [1.54, 1.807) is 6.26 Å². The first-order valence-electron chi connectivity index (χ1n) is 4.18. The van der Waals surface area contributed by atoms with Gasteiger partial charge in [0.1, 0.15) is 12.4 Å². The Kier molecular flexibility index (Phi) is 2.93. The second-order valence-electron chi connectivity index (χ2n) is 4.13. The highest BCUT2D eigenvalue weighted by Gasteiger charge is 2.10. The molecular formula is C10H16O2. The van der Waals surface area contributed by atoms with E-state index >= 15 is 0 Å². The predicted molar refractivity (Wildman–Crippen MR) is 47.8 cm³/mol. The van der Waals surface area contributed by atoms with Crippen LogP contribution in [-0.2, 0) is 11.3 Å². The molecule has 1 rings (SSSR count). The molecule has 0 atom stereocenters. The first kappa shape index (κ1) is 9.33. The van der Waals surface area contributed by atoms with Crippen LogP contribution in [0.4, 0.5) is 0 Å². The Bertz CT molecular complexity index is 206. The quantitative estimate of drug-likeness (QED) is 0.692. The number of hydrogen-bond acceptors (Lipinski definition) is 2. The third-order valence-electron chi connectivity index (χ3n) is 1.36. The van der Waals surface area contributed by atoms with Crippen LogP contribution >= 0.6 is 0 Å². The molecule has 2 heteroatoms. The van der Waals surface area contributed by atoms with E-state index < -0.39 is 0 Å². The Hall–Kier alpha value is -0.760. The van der Waals surface area contributed by atoms with Gasteiger partial charge in [0.2, 0.25) is 0 Å². The van der Waals surface area contributed by atoms with Gasteiger partial charge < -0.3 is 9.15 Å². The van der Waals surface area contributed by atoms with Gasteiger partial charge in [-0.05, 0) is 17.5 Å². The van der Waals surface area contributed by atoms with Gasteiger partial charge in [-0.25, -0.2) is 0 Å². The normalized spacial score (nSPS) is 11.9. The monoisotopic (exact) mass is 168 g/mol. The van der Waals surface area contributed by atoms with Crippen molar-refractivity contribution in [3.05, 3.63) is 24.2 Å². The molecule has 0 aliphatic rings. The third-order valence-corrected chi connectivity index (χ3v) is 1.36. The Morgan fingerprint density at radius 1 is 1.42 bits per heavy atom. The van der Waals surface area contributed by atoms with Crippen LogP contribution in [0.25, 0.3) is 0 Å². The van der Waals surface area contributed by atoms with Crippen LogP contribution < -0.4 is 0 Å². The number of ether oxygens (including phenoxy) is 1. The fraction of sp³-hybridized carbons (Fsp3) is 0.600. The standard InChI is InChI=1S/C10H16O2/c1-10(2,3)8-11-7-9-5-4-6-12-9/h4-6H,7-8H2,1-3H3. The lowest BCUT2D eigenvalue weighted by Crippen LogP contribution is -2.14. The minimum absolute atomic E-state index is 0.229. The number of rotatable bonds is 3. The molecule has 0 N–H and O–H groups in total. The van der Waals surface area contributed by atoms with Gasteiger partial charge in [0, 0.05) is 0 Å². The molecule has 0 spiro atoms. The summed E-state index contributed by atoms with van der Waals surface area (Å²) in [4.78, 5) is 0. The lowest BCUT2D eigenvalue weighted by molar-refractivity contribution is 0.0504. The summed E-state index contributed by atoms with van der Waals surface area (Å²) in [6, 6.07) is 3.79. The van der Waals surface area contributed by atoms with Crippen LogP contribution in [0.15, 0.2) is 22.8 Å². The summed E-state index contributed by atoms with van der Waals surface area (Å²) in [5.41, 5.74) is 0.229. The topological polar surface area (TPSA) is 22.4 Å². The number of furan rings is 1. The highest BCUT2D eigenvalue weighted by atomic mass is 16.5. The van der Waals surface area contributed by atoms with Crippen LogP contribution in [0, 0.1) is 5.41 Å². The van der Waals surface area contributed by atoms with Crippen molar-refractivity contribution in [3.8, 4) is 0 Å². The highest BCUT2D eigenvalue weighted by Crippen LogP contribution is 2.14. The summed E-state index contributed by atoms with van der Waals surface area (Å²) >= 11 is 0. The molecule has 0 unspecified atom stereocenters. The van der Waals surface area contributed by atoms with Gasteiger partial charge >= 0.3 is 0 Å². The largest absolute Gasteiger partial charge is 0.467 e. The maximum Gasteiger partial charge on any atom is 0.129 e. The maximum atomic E-state index is 5.45. The summed E-state index contributed by atoms with van der Waals surface area (Å²) < 4.78 is 10.6. The van der Waals surface area contributed by atoms with Gasteiger partial charge in [-0.2, -0.15) is 0 Å². The molecule has 1 aromatic rings. The van der Waals surface area contributed by atoms with E-state index in [1.165, 1.54) is 0 Å². The molecule has 0 saturated heterocycles. The van der Waals surface area contributed by atoms with E-state index in [2.05, 4.69) is 20.8 Å². The predicted octanol–water partition coefficient (Wildman–Crippen LogP) is 2.84. The van der Waals surface area contributed by atoms with Crippen molar-refractivity contribution < 1.29 is 9.15 Å². The molecule has 2 nitrogen and oxygen atoms in total. The summed E-state index contributed by atoms with van der Waals surface area (Å²) in [6.07, 6.45) is 1.66. The number of hydrogen-bond donors (Lipinski definition) is 0. The second kappa shape index (κ2) is 3.76. The van der Waals surface area contributed by atoms with Crippen molar-refractivity contribution in [1.82, 2.24) is 0 Å². The highest BCUT2D eigenvalue weighted by molar-refractivity contribution is 4.96. The van der Waals surface area contributed by atoms with Crippen molar-refractivity contribution in [3.63, 3.8) is 0 Å². The fourth-order valence-corrected chi connectivity index (χ4v) is 0.853. The van der Waals surface area contributed by atoms with Crippen molar-refractivity contribution in [1.29, 1.82) is 0 Å². The maximum absolute atomic E-state index is 5.45. The molecule has 0 amide bonds. The minimum Gasteiger partial charge on any atom is -0.467 e. The molecule has 0 aromatic carbocycles. The van der Waals surface area contributed by atoms with Crippen LogP contribution in [0.5, 0.6) is 0 Å². The molecule has 0 aliphatic carbocycles. The van der Waals surface area contributed by atoms with Gasteiger partial charge in [-0.15, -0.1) is 0 Å². The minimum atomic E-state index is 0.229. The average molecular weight is 168 g/mol. The fourth-order valence-electron chi connectivity index (χ4n) is 0.853. The van der Waals surface area contributed by atoms with Crippen LogP contribution in [0.2, 0.25) is 0 Å². The van der Waals surface area contributed by atoms with Crippen LogP contribution in [0.3, 0.4) is 0 Å². The zero-order chi connectivity index (χ0) is 9.03. The summed E-state index contributed by atoms with van der Waals surface area (Å²) in [5.74, 6) is 0.888. The molecule has 12 heavy (non-hydrogen) atoms. The lowest BCUT2D eigenvalue weighted by Gasteiger charge is -2.17. The van der Waals surface area contributed by atoms with E-state index in [9.17, 15) is 0 Å². The molecule has 0 saturated carbocycles. The SMILES string of the molecule is CC(C)(C)COCc1ccco1. The van der Waals surface area contributed by atoms with Crippen molar-refractivity contribution in [2.75, 3.05) is 6.61 Å². The van der Waals surface area contributed by atoms with E-state index in [0.717, 1.165) is 12.4 Å². The van der Waals surface area contributed by atoms with E-state index in [-0.39, 0.29) is 5.41 Å². The molecule has 68 valence electrons. The van der Waals surface area contributed by atoms with Crippen LogP contribution in [-0.4, -0.2) is 6.61 Å². The van der Waals surface area contributed by atoms with Crippen molar-refractivity contribution >= 4 is 0 Å². The summed E-state index contributed by atoms with van der Waals surface area (Å²) in [5, 5.41) is 0. The van der Waals surface area contributed by atoms with Gasteiger partial charge in [0.25, 0.3) is 0 Å². The molecular weight excluding hydrogens is 152 g/mol. The summed E-state index contributed by atoms with van der Waals surface area (Å²) in [7, 11) is 0. The summed E-state index contributed by atoms with van der Waals surface area (Å²) in [6.45, 7) is 7.78. The molecule has 0 aliphatic heterocycles. The zero-order valence-electron chi connectivity index (χ0n) is 7.96. The van der Waals surface area contributed by atoms with E-state index in [0.29, 0.717) is 6.61 Å².